The lowest BCUT2D eigenvalue weighted by Gasteiger charge is -2.20. The third-order valence-corrected chi connectivity index (χ3v) is 2.27. The van der Waals surface area contributed by atoms with Crippen molar-refractivity contribution in [3.63, 3.8) is 0 Å². The van der Waals surface area contributed by atoms with E-state index in [1.54, 1.807) is 6.26 Å². The Hall–Kier alpha value is -0.800. The maximum atomic E-state index is 5.84. The molecule has 2 unspecified atom stereocenters. The molecule has 3 heteroatoms. The Bertz CT molecular complexity index is 257. The summed E-state index contributed by atoms with van der Waals surface area (Å²) in [6.45, 7) is 6.90. The van der Waals surface area contributed by atoms with Crippen LogP contribution in [0.4, 0.5) is 0 Å². The molecule has 3 nitrogen and oxygen atoms in total. The van der Waals surface area contributed by atoms with E-state index in [0.717, 1.165) is 12.2 Å². The van der Waals surface area contributed by atoms with Crippen LogP contribution in [-0.2, 0) is 4.74 Å². The lowest BCUT2D eigenvalue weighted by atomic mass is 10.1. The van der Waals surface area contributed by atoms with Gasteiger partial charge in [-0.15, -0.1) is 0 Å². The van der Waals surface area contributed by atoms with Crippen LogP contribution in [0.5, 0.6) is 0 Å². The molecule has 0 saturated heterocycles. The van der Waals surface area contributed by atoms with Crippen molar-refractivity contribution in [1.82, 2.24) is 0 Å². The fourth-order valence-electron chi connectivity index (χ4n) is 1.71. The highest BCUT2D eigenvalue weighted by atomic mass is 16.5. The summed E-state index contributed by atoms with van der Waals surface area (Å²) < 4.78 is 11.1. The van der Waals surface area contributed by atoms with Crippen LogP contribution in [0, 0.1) is 5.92 Å². The molecule has 0 spiro atoms. The topological polar surface area (TPSA) is 48.4 Å². The number of hydrogen-bond acceptors (Lipinski definition) is 3. The van der Waals surface area contributed by atoms with E-state index >= 15 is 0 Å². The standard InChI is InChI=1S/C12H21NO2/c1-9(2)7-10(3)15-12(8-13)11-5-4-6-14-11/h4-6,9-10,12H,7-8,13H2,1-3H3. The van der Waals surface area contributed by atoms with E-state index in [1.807, 2.05) is 12.1 Å². The molecular weight excluding hydrogens is 190 g/mol. The SMILES string of the molecule is CC(C)CC(C)OC(CN)c1ccco1. The van der Waals surface area contributed by atoms with E-state index in [0.29, 0.717) is 12.5 Å². The van der Waals surface area contributed by atoms with E-state index in [1.165, 1.54) is 0 Å². The average Bonchev–Trinajstić information content (AvgIpc) is 2.65. The van der Waals surface area contributed by atoms with E-state index < -0.39 is 0 Å². The van der Waals surface area contributed by atoms with Crippen LogP contribution in [0.3, 0.4) is 0 Å². The van der Waals surface area contributed by atoms with Crippen molar-refractivity contribution in [2.24, 2.45) is 11.7 Å². The Labute approximate surface area is 91.6 Å². The molecule has 0 amide bonds. The lowest BCUT2D eigenvalue weighted by molar-refractivity contribution is -0.0188. The number of rotatable bonds is 6. The quantitative estimate of drug-likeness (QED) is 0.787. The predicted octanol–water partition coefficient (Wildman–Crippen LogP) is 2.73. The third-order valence-electron chi connectivity index (χ3n) is 2.27. The molecule has 0 bridgehead atoms. The van der Waals surface area contributed by atoms with Gasteiger partial charge in [-0.1, -0.05) is 13.8 Å². The summed E-state index contributed by atoms with van der Waals surface area (Å²) in [7, 11) is 0. The van der Waals surface area contributed by atoms with Gasteiger partial charge in [-0.25, -0.2) is 0 Å². The summed E-state index contributed by atoms with van der Waals surface area (Å²) in [4.78, 5) is 0. The highest BCUT2D eigenvalue weighted by Gasteiger charge is 2.17. The minimum atomic E-state index is -0.117. The molecule has 1 aromatic rings. The molecular formula is C12H21NO2. The van der Waals surface area contributed by atoms with Crippen molar-refractivity contribution in [1.29, 1.82) is 0 Å². The molecule has 1 heterocycles. The van der Waals surface area contributed by atoms with Crippen molar-refractivity contribution in [3.05, 3.63) is 24.2 Å². The molecule has 0 aromatic carbocycles. The van der Waals surface area contributed by atoms with Crippen LogP contribution in [0.2, 0.25) is 0 Å². The molecule has 0 saturated carbocycles. The minimum absolute atomic E-state index is 0.117. The molecule has 0 aliphatic rings. The van der Waals surface area contributed by atoms with Crippen LogP contribution < -0.4 is 5.73 Å². The molecule has 86 valence electrons. The number of nitrogens with two attached hydrogens (primary N) is 1. The van der Waals surface area contributed by atoms with Crippen LogP contribution in [0.25, 0.3) is 0 Å². The molecule has 2 N–H and O–H groups in total. The molecule has 0 fully saturated rings. The smallest absolute Gasteiger partial charge is 0.133 e. The number of hydrogen-bond donors (Lipinski definition) is 1. The monoisotopic (exact) mass is 211 g/mol. The van der Waals surface area contributed by atoms with Crippen LogP contribution in [0.1, 0.15) is 39.1 Å². The Balaban J connectivity index is 2.47. The Morgan fingerprint density at radius 2 is 2.13 bits per heavy atom. The first kappa shape index (κ1) is 12.3. The highest BCUT2D eigenvalue weighted by Crippen LogP contribution is 2.20. The third kappa shape index (κ3) is 4.06. The van der Waals surface area contributed by atoms with Crippen LogP contribution >= 0.6 is 0 Å². The summed E-state index contributed by atoms with van der Waals surface area (Å²) in [6, 6.07) is 3.76. The van der Waals surface area contributed by atoms with Crippen LogP contribution in [-0.4, -0.2) is 12.6 Å². The van der Waals surface area contributed by atoms with Gasteiger partial charge in [-0.05, 0) is 31.4 Å². The van der Waals surface area contributed by atoms with E-state index in [4.69, 9.17) is 14.9 Å². The fourth-order valence-corrected chi connectivity index (χ4v) is 1.71. The predicted molar refractivity (Wildman–Crippen MR) is 60.5 cm³/mol. The van der Waals surface area contributed by atoms with Gasteiger partial charge >= 0.3 is 0 Å². The van der Waals surface area contributed by atoms with Crippen molar-refractivity contribution < 1.29 is 9.15 Å². The van der Waals surface area contributed by atoms with Gasteiger partial charge in [0, 0.05) is 6.54 Å². The highest BCUT2D eigenvalue weighted by molar-refractivity contribution is 5.02. The zero-order valence-corrected chi connectivity index (χ0v) is 9.77. The summed E-state index contributed by atoms with van der Waals surface area (Å²) in [5.74, 6) is 1.45. The molecule has 15 heavy (non-hydrogen) atoms. The first-order valence-corrected chi connectivity index (χ1v) is 5.52. The first-order valence-electron chi connectivity index (χ1n) is 5.52. The van der Waals surface area contributed by atoms with Gasteiger partial charge in [0.25, 0.3) is 0 Å². The number of ether oxygens (including phenoxy) is 1. The molecule has 1 aromatic heterocycles. The van der Waals surface area contributed by atoms with Gasteiger partial charge < -0.3 is 14.9 Å². The van der Waals surface area contributed by atoms with Crippen LogP contribution in [0.15, 0.2) is 22.8 Å². The largest absolute Gasteiger partial charge is 0.467 e. The Morgan fingerprint density at radius 1 is 1.40 bits per heavy atom. The summed E-state index contributed by atoms with van der Waals surface area (Å²) in [5, 5.41) is 0. The Kier molecular flexibility index (Phi) is 4.85. The second-order valence-electron chi connectivity index (χ2n) is 4.32. The molecule has 0 radical (unpaired) electrons. The van der Waals surface area contributed by atoms with Gasteiger partial charge in [-0.3, -0.25) is 0 Å². The maximum absolute atomic E-state index is 5.84. The summed E-state index contributed by atoms with van der Waals surface area (Å²) in [6.07, 6.45) is 2.78. The zero-order chi connectivity index (χ0) is 11.3. The van der Waals surface area contributed by atoms with Crippen molar-refractivity contribution in [2.75, 3.05) is 6.54 Å². The average molecular weight is 211 g/mol. The van der Waals surface area contributed by atoms with Gasteiger partial charge in [0.05, 0.1) is 12.4 Å². The van der Waals surface area contributed by atoms with E-state index in [-0.39, 0.29) is 12.2 Å². The fraction of sp³-hybridized carbons (Fsp3) is 0.667. The Morgan fingerprint density at radius 3 is 2.60 bits per heavy atom. The van der Waals surface area contributed by atoms with E-state index in [2.05, 4.69) is 20.8 Å². The first-order chi connectivity index (χ1) is 7.13. The number of furan rings is 1. The molecule has 1 rings (SSSR count). The van der Waals surface area contributed by atoms with Gasteiger partial charge in [-0.2, -0.15) is 0 Å². The molecule has 0 aliphatic heterocycles. The van der Waals surface area contributed by atoms with Gasteiger partial charge in [0.2, 0.25) is 0 Å². The zero-order valence-electron chi connectivity index (χ0n) is 9.77. The summed E-state index contributed by atoms with van der Waals surface area (Å²) >= 11 is 0. The van der Waals surface area contributed by atoms with Crippen molar-refractivity contribution in [2.45, 2.75) is 39.4 Å². The van der Waals surface area contributed by atoms with Gasteiger partial charge in [0.1, 0.15) is 11.9 Å². The summed E-state index contributed by atoms with van der Waals surface area (Å²) in [5.41, 5.74) is 5.66. The van der Waals surface area contributed by atoms with E-state index in [9.17, 15) is 0 Å². The lowest BCUT2D eigenvalue weighted by Crippen LogP contribution is -2.21. The second-order valence-corrected chi connectivity index (χ2v) is 4.32. The second kappa shape index (κ2) is 5.93. The minimum Gasteiger partial charge on any atom is -0.467 e. The van der Waals surface area contributed by atoms with Crippen molar-refractivity contribution >= 4 is 0 Å². The normalized spacial score (nSPS) is 15.5. The van der Waals surface area contributed by atoms with Crippen molar-refractivity contribution in [3.8, 4) is 0 Å². The molecule has 0 aliphatic carbocycles. The molecule has 2 atom stereocenters. The van der Waals surface area contributed by atoms with Gasteiger partial charge in [0.15, 0.2) is 0 Å². The maximum Gasteiger partial charge on any atom is 0.133 e.